The van der Waals surface area contributed by atoms with Gasteiger partial charge in [0.25, 0.3) is 0 Å². The van der Waals surface area contributed by atoms with Gasteiger partial charge in [0.05, 0.1) is 39.7 Å². The molecule has 490 valence electrons. The molecular formula is C81H89N7O6S. The van der Waals surface area contributed by atoms with Gasteiger partial charge in [0.2, 0.25) is 0 Å². The molecule has 0 saturated heterocycles. The first-order valence-corrected chi connectivity index (χ1v) is 32.9. The van der Waals surface area contributed by atoms with E-state index in [-0.39, 0.29) is 68.7 Å². The highest BCUT2D eigenvalue weighted by molar-refractivity contribution is 7.17. The minimum absolute atomic E-state index is 0.00433. The standard InChI is InChI=1S/C16H17NO.C15H17NOS.C13H14N2O.C13H15NO.2C12H13NO/c1-16(2,3)15(18)13-8-6-7-12(11-13)14-9-4-5-10-17-14;1-10-12(13(17)15(2,3)4)18-14(16-10)11-8-6-5-7-9-11;1-10(2)13(16)11-5-3-4-6-12(11)15-8-7-14-9-15;1-13(2,3)12(15)10-4-5-11-9(8-10)6-7-14-11;1-8(2)12(14)10-4-3-9-5-6-13-11(9)7-10;1-8(2)12(14)11-7-9-5-3-4-6-10(9)13-11/h4-11H,1-3H3;5-9H,1-4H3;3-10H,1-2H3;4-8,14H,1-3H3;3-8,13H,1-2H3;3-6,8H,7H2,1-2H3. The quantitative estimate of drug-likeness (QED) is 0.112. The Kier molecular flexibility index (Phi) is 24.6. The van der Waals surface area contributed by atoms with Crippen LogP contribution in [-0.4, -0.2) is 69.9 Å². The van der Waals surface area contributed by atoms with Gasteiger partial charge in [-0.3, -0.25) is 33.8 Å². The smallest absolute Gasteiger partial charge is 0.180 e. The Labute approximate surface area is 563 Å². The van der Waals surface area contributed by atoms with Crippen molar-refractivity contribution >= 4 is 79.2 Å². The van der Waals surface area contributed by atoms with Crippen molar-refractivity contribution in [2.24, 2.45) is 39.0 Å². The first-order chi connectivity index (χ1) is 44.9. The van der Waals surface area contributed by atoms with E-state index in [0.29, 0.717) is 12.1 Å². The van der Waals surface area contributed by atoms with Crippen LogP contribution < -0.4 is 0 Å². The molecule has 0 saturated carbocycles. The zero-order valence-electron chi connectivity index (χ0n) is 57.7. The number of pyridine rings is 1. The van der Waals surface area contributed by atoms with Crippen LogP contribution in [0.25, 0.3) is 49.3 Å². The first-order valence-electron chi connectivity index (χ1n) is 32.1. The van der Waals surface area contributed by atoms with Crippen molar-refractivity contribution < 1.29 is 28.8 Å². The summed E-state index contributed by atoms with van der Waals surface area (Å²) in [6.45, 7) is 30.8. The van der Waals surface area contributed by atoms with Crippen molar-refractivity contribution in [1.29, 1.82) is 0 Å². The fourth-order valence-electron chi connectivity index (χ4n) is 9.83. The van der Waals surface area contributed by atoms with Crippen LogP contribution in [0.3, 0.4) is 0 Å². The van der Waals surface area contributed by atoms with Crippen molar-refractivity contribution in [3.63, 3.8) is 0 Å². The second-order valence-corrected chi connectivity index (χ2v) is 28.3. The molecule has 0 spiro atoms. The number of Topliss-reactive ketones (excluding diaryl/α,β-unsaturated/α-hetero) is 6. The van der Waals surface area contributed by atoms with Crippen LogP contribution in [0, 0.1) is 40.9 Å². The van der Waals surface area contributed by atoms with E-state index < -0.39 is 0 Å². The third kappa shape index (κ3) is 19.8. The van der Waals surface area contributed by atoms with E-state index in [0.717, 1.165) is 93.4 Å². The van der Waals surface area contributed by atoms with Gasteiger partial charge in [-0.05, 0) is 90.7 Å². The van der Waals surface area contributed by atoms with Gasteiger partial charge in [0.1, 0.15) is 5.01 Å². The minimum atomic E-state index is -0.358. The molecule has 12 rings (SSSR count). The number of fused-ring (bicyclic) bond motifs is 3. The number of hydrogen-bond acceptors (Lipinski definition) is 11. The molecule has 2 N–H and O–H groups in total. The molecule has 1 aliphatic heterocycles. The summed E-state index contributed by atoms with van der Waals surface area (Å²) in [4.78, 5) is 96.1. The number of rotatable bonds is 12. The van der Waals surface area contributed by atoms with E-state index in [9.17, 15) is 28.8 Å². The summed E-state index contributed by atoms with van der Waals surface area (Å²) in [7, 11) is 0. The largest absolute Gasteiger partial charge is 0.361 e. The zero-order chi connectivity index (χ0) is 69.4. The normalized spacial score (nSPS) is 11.7. The topological polar surface area (TPSA) is 190 Å². The van der Waals surface area contributed by atoms with Crippen LogP contribution in [-0.2, 0) is 11.2 Å². The van der Waals surface area contributed by atoms with Crippen LogP contribution in [0.2, 0.25) is 0 Å². The lowest BCUT2D eigenvalue weighted by Gasteiger charge is -2.16. The van der Waals surface area contributed by atoms with E-state index in [2.05, 4.69) is 29.9 Å². The Hall–Kier alpha value is -9.92. The van der Waals surface area contributed by atoms with Crippen LogP contribution in [0.5, 0.6) is 0 Å². The van der Waals surface area contributed by atoms with Gasteiger partial charge in [0, 0.05) is 121 Å². The van der Waals surface area contributed by atoms with Gasteiger partial charge in [0.15, 0.2) is 34.7 Å². The number of carbonyl (C=O) groups excluding carboxylic acids is 6. The van der Waals surface area contributed by atoms with Gasteiger partial charge in [-0.15, -0.1) is 11.3 Å². The van der Waals surface area contributed by atoms with Crippen molar-refractivity contribution in [2.75, 3.05) is 0 Å². The lowest BCUT2D eigenvalue weighted by molar-refractivity contribution is -0.115. The summed E-state index contributed by atoms with van der Waals surface area (Å²) < 4.78 is 1.86. The molecule has 0 amide bonds. The fraction of sp³-hybridized carbons (Fsp3) is 0.284. The molecule has 14 heteroatoms. The predicted octanol–water partition coefficient (Wildman–Crippen LogP) is 20.0. The lowest BCUT2D eigenvalue weighted by Crippen LogP contribution is -2.20. The molecular weight excluding hydrogens is 1200 g/mol. The van der Waals surface area contributed by atoms with E-state index >= 15 is 0 Å². The minimum Gasteiger partial charge on any atom is -0.361 e. The van der Waals surface area contributed by atoms with Crippen molar-refractivity contribution in [3.05, 3.63) is 246 Å². The molecule has 6 aromatic carbocycles. The number of thiazole rings is 1. The number of imidazole rings is 1. The van der Waals surface area contributed by atoms with E-state index in [1.54, 1.807) is 18.7 Å². The van der Waals surface area contributed by atoms with Gasteiger partial charge < -0.3 is 14.5 Å². The molecule has 13 nitrogen and oxygen atoms in total. The van der Waals surface area contributed by atoms with Crippen molar-refractivity contribution in [1.82, 2.24) is 29.5 Å². The maximum absolute atomic E-state index is 12.3. The summed E-state index contributed by atoms with van der Waals surface area (Å²) in [5.74, 6) is 1.13. The molecule has 0 aliphatic carbocycles. The number of aromatic amines is 2. The number of aliphatic imine (C=N–C) groups is 1. The average molecular weight is 1290 g/mol. The second kappa shape index (κ2) is 32.3. The maximum Gasteiger partial charge on any atom is 0.180 e. The molecule has 95 heavy (non-hydrogen) atoms. The highest BCUT2D eigenvalue weighted by atomic mass is 32.1. The molecule has 0 atom stereocenters. The second-order valence-electron chi connectivity index (χ2n) is 27.3. The van der Waals surface area contributed by atoms with Gasteiger partial charge in [-0.1, -0.05) is 201 Å². The van der Waals surface area contributed by atoms with Crippen molar-refractivity contribution in [3.8, 4) is 27.5 Å². The summed E-state index contributed by atoms with van der Waals surface area (Å²) >= 11 is 1.49. The number of benzene rings is 6. The number of ketones is 6. The molecule has 0 fully saturated rings. The Morgan fingerprint density at radius 2 is 1.08 bits per heavy atom. The number of aromatic nitrogens is 6. The van der Waals surface area contributed by atoms with Crippen LogP contribution >= 0.6 is 11.3 Å². The summed E-state index contributed by atoms with van der Waals surface area (Å²) in [6, 6.07) is 54.4. The molecule has 0 bridgehead atoms. The molecule has 0 radical (unpaired) electrons. The number of H-pyrrole nitrogens is 2. The summed E-state index contributed by atoms with van der Waals surface area (Å²) in [6.07, 6.45) is 11.5. The number of nitrogens with zero attached hydrogens (tertiary/aromatic N) is 5. The van der Waals surface area contributed by atoms with Crippen LogP contribution in [0.15, 0.2) is 212 Å². The Balaban J connectivity index is 0.000000161. The van der Waals surface area contributed by atoms with Crippen molar-refractivity contribution in [2.45, 2.75) is 117 Å². The van der Waals surface area contributed by atoms with Crippen LogP contribution in [0.1, 0.15) is 166 Å². The highest BCUT2D eigenvalue weighted by Gasteiger charge is 2.28. The Bertz CT molecular complexity index is 4450. The summed E-state index contributed by atoms with van der Waals surface area (Å²) in [5, 5.41) is 3.15. The number of para-hydroxylation sites is 2. The Morgan fingerprint density at radius 1 is 0.505 bits per heavy atom. The molecule has 11 aromatic rings. The van der Waals surface area contributed by atoms with Crippen LogP contribution in [0.4, 0.5) is 5.69 Å². The van der Waals surface area contributed by atoms with Gasteiger partial charge in [-0.25, -0.2) is 15.0 Å². The lowest BCUT2D eigenvalue weighted by atomic mass is 9.86. The fourth-order valence-corrected chi connectivity index (χ4v) is 11.1. The number of aryl methyl sites for hydroxylation is 1. The van der Waals surface area contributed by atoms with E-state index in [4.69, 9.17) is 0 Å². The van der Waals surface area contributed by atoms with E-state index in [1.165, 1.54) is 11.3 Å². The Morgan fingerprint density at radius 3 is 1.69 bits per heavy atom. The maximum atomic E-state index is 12.3. The molecule has 1 aliphatic rings. The van der Waals surface area contributed by atoms with E-state index in [1.807, 2.05) is 304 Å². The van der Waals surface area contributed by atoms with Gasteiger partial charge in [-0.2, -0.15) is 0 Å². The molecule has 5 aromatic heterocycles. The monoisotopic (exact) mass is 1290 g/mol. The molecule has 0 unspecified atom stereocenters. The van der Waals surface area contributed by atoms with Gasteiger partial charge >= 0.3 is 0 Å². The molecule has 6 heterocycles. The SMILES string of the molecule is CC(C)(C)C(=O)c1ccc2[nH]ccc2c1.CC(C)(C)C(=O)c1cccc(-c2ccccn2)c1.CC(C)C(=O)C1=Nc2ccccc2C1.CC(C)C(=O)c1ccc2cc[nH]c2c1.CC(C)C(=O)c1ccccc1-n1ccnc1.Cc1nc(-c2ccccc2)sc1C(=O)C(C)(C)C. The average Bonchev–Trinajstić information content (AvgIpc) is 1.55. The zero-order valence-corrected chi connectivity index (χ0v) is 58.5. The third-order valence-corrected chi connectivity index (χ3v) is 16.4. The predicted molar refractivity (Wildman–Crippen MR) is 389 cm³/mol. The third-order valence-electron chi connectivity index (χ3n) is 15.2. The first kappa shape index (κ1) is 72.5. The summed E-state index contributed by atoms with van der Waals surface area (Å²) in [5.41, 5.74) is 11.6. The number of nitrogens with one attached hydrogen (secondary N) is 2. The highest BCUT2D eigenvalue weighted by Crippen LogP contribution is 2.33. The number of hydrogen-bond donors (Lipinski definition) is 2. The number of carbonyl (C=O) groups is 6.